The Morgan fingerprint density at radius 3 is 1.83 bits per heavy atom. The molecule has 0 aliphatic carbocycles. The minimum Gasteiger partial charge on any atom is -0.481 e. The molecule has 18 heavy (non-hydrogen) atoms. The molecule has 0 saturated heterocycles. The number of carboxylic acid groups (broad SMARTS) is 2. The molecule has 0 radical (unpaired) electrons. The van der Waals surface area contributed by atoms with Gasteiger partial charge in [-0.3, -0.25) is 14.4 Å². The van der Waals surface area contributed by atoms with E-state index in [0.29, 0.717) is 6.42 Å². The largest absolute Gasteiger partial charge is 0.481 e. The van der Waals surface area contributed by atoms with E-state index in [1.807, 2.05) is 0 Å². The molecule has 0 heterocycles. The molecule has 8 heteroatoms. The summed E-state index contributed by atoms with van der Waals surface area (Å²) >= 11 is 0. The summed E-state index contributed by atoms with van der Waals surface area (Å²) in [6.07, 6.45) is 0.318. The topological polar surface area (TPSA) is 170 Å². The Morgan fingerprint density at radius 2 is 1.39 bits per heavy atom. The summed E-state index contributed by atoms with van der Waals surface area (Å²) in [6, 6.07) is -3.01. The molecule has 0 aromatic carbocycles. The Morgan fingerprint density at radius 1 is 0.889 bits per heavy atom. The van der Waals surface area contributed by atoms with E-state index in [0.717, 1.165) is 0 Å². The van der Waals surface area contributed by atoms with Crippen molar-refractivity contribution in [3.05, 3.63) is 0 Å². The number of hydrogen-bond acceptors (Lipinski definition) is 6. The number of Topliss-reactive ketones (excluding diaryl/α,β-unsaturated/α-hetero) is 1. The molecule has 104 valence electrons. The van der Waals surface area contributed by atoms with Gasteiger partial charge in [0.15, 0.2) is 5.78 Å². The van der Waals surface area contributed by atoms with Crippen molar-refractivity contribution in [1.29, 1.82) is 0 Å². The first kappa shape index (κ1) is 16.5. The van der Waals surface area contributed by atoms with E-state index in [-0.39, 0.29) is 12.8 Å². The highest BCUT2D eigenvalue weighted by molar-refractivity contribution is 5.91. The second-order valence-electron chi connectivity index (χ2n) is 4.09. The minimum absolute atomic E-state index is 0.199. The number of rotatable bonds is 9. The third-order valence-corrected chi connectivity index (χ3v) is 2.47. The van der Waals surface area contributed by atoms with Gasteiger partial charge in [-0.15, -0.1) is 0 Å². The summed E-state index contributed by atoms with van der Waals surface area (Å²) in [4.78, 5) is 32.3. The van der Waals surface area contributed by atoms with Gasteiger partial charge < -0.3 is 27.4 Å². The van der Waals surface area contributed by atoms with Gasteiger partial charge in [0.25, 0.3) is 0 Å². The Balaban J connectivity index is 4.01. The molecule has 0 spiro atoms. The lowest BCUT2D eigenvalue weighted by molar-refractivity contribution is -0.140. The molecule has 0 aromatic heterocycles. The number of carbonyl (C=O) groups is 3. The number of aliphatic carboxylic acids is 2. The van der Waals surface area contributed by atoms with Crippen LogP contribution < -0.4 is 17.2 Å². The zero-order valence-electron chi connectivity index (χ0n) is 9.91. The summed E-state index contributed by atoms with van der Waals surface area (Å²) in [7, 11) is 0. The Bertz CT molecular complexity index is 321. The first-order valence-corrected chi connectivity index (χ1v) is 5.50. The van der Waals surface area contributed by atoms with E-state index in [1.54, 1.807) is 0 Å². The molecule has 0 aromatic rings. The molecule has 3 atom stereocenters. The lowest BCUT2D eigenvalue weighted by Crippen LogP contribution is -2.44. The van der Waals surface area contributed by atoms with Crippen molar-refractivity contribution in [3.63, 3.8) is 0 Å². The number of ketones is 1. The van der Waals surface area contributed by atoms with E-state index < -0.39 is 42.3 Å². The summed E-state index contributed by atoms with van der Waals surface area (Å²) in [6.45, 7) is 0. The third-order valence-electron chi connectivity index (χ3n) is 2.47. The average Bonchev–Trinajstić information content (AvgIpc) is 2.26. The van der Waals surface area contributed by atoms with Crippen molar-refractivity contribution < 1.29 is 24.6 Å². The molecule has 8 N–H and O–H groups in total. The highest BCUT2D eigenvalue weighted by Gasteiger charge is 2.23. The van der Waals surface area contributed by atoms with Crippen molar-refractivity contribution >= 4 is 17.7 Å². The fraction of sp³-hybridized carbons (Fsp3) is 0.700. The Hall–Kier alpha value is -1.51. The van der Waals surface area contributed by atoms with Crippen LogP contribution in [0.5, 0.6) is 0 Å². The van der Waals surface area contributed by atoms with Gasteiger partial charge in [-0.25, -0.2) is 0 Å². The van der Waals surface area contributed by atoms with Gasteiger partial charge in [-0.2, -0.15) is 0 Å². The number of carbonyl (C=O) groups excluding carboxylic acids is 1. The van der Waals surface area contributed by atoms with E-state index in [1.165, 1.54) is 0 Å². The molecule has 1 unspecified atom stereocenters. The van der Waals surface area contributed by atoms with Crippen LogP contribution in [0.3, 0.4) is 0 Å². The van der Waals surface area contributed by atoms with Crippen molar-refractivity contribution in [2.24, 2.45) is 17.2 Å². The van der Waals surface area contributed by atoms with Gasteiger partial charge in [-0.1, -0.05) is 0 Å². The normalized spacial score (nSPS) is 15.7. The number of hydrogen-bond donors (Lipinski definition) is 5. The van der Waals surface area contributed by atoms with Crippen LogP contribution in [0.15, 0.2) is 0 Å². The number of nitrogens with two attached hydrogens (primary N) is 3. The van der Waals surface area contributed by atoms with Crippen LogP contribution in [0.2, 0.25) is 0 Å². The first-order valence-electron chi connectivity index (χ1n) is 5.50. The number of carboxylic acids is 2. The quantitative estimate of drug-likeness (QED) is 0.326. The summed E-state index contributed by atoms with van der Waals surface area (Å²) in [5.41, 5.74) is 16.2. The van der Waals surface area contributed by atoms with Gasteiger partial charge in [0.2, 0.25) is 0 Å². The highest BCUT2D eigenvalue weighted by Crippen LogP contribution is 2.05. The van der Waals surface area contributed by atoms with Crippen molar-refractivity contribution in [3.8, 4) is 0 Å². The molecule has 0 aliphatic rings. The van der Waals surface area contributed by atoms with Crippen LogP contribution in [-0.4, -0.2) is 46.1 Å². The lowest BCUT2D eigenvalue weighted by Gasteiger charge is -2.15. The van der Waals surface area contributed by atoms with Gasteiger partial charge in [0, 0.05) is 0 Å². The van der Waals surface area contributed by atoms with Gasteiger partial charge >= 0.3 is 11.9 Å². The molecule has 0 fully saturated rings. The van der Waals surface area contributed by atoms with E-state index in [9.17, 15) is 14.4 Å². The minimum atomic E-state index is -1.17. The Labute approximate surface area is 104 Å². The summed E-state index contributed by atoms with van der Waals surface area (Å²) in [5, 5.41) is 17.0. The SMILES string of the molecule is NC(CCC[C@H](N)C(=O)O)C(=O)[C@@H](N)CC(=O)O. The Kier molecular flexibility index (Phi) is 7.10. The van der Waals surface area contributed by atoms with Crippen LogP contribution in [0.1, 0.15) is 25.7 Å². The van der Waals surface area contributed by atoms with Crippen LogP contribution in [-0.2, 0) is 14.4 Å². The summed E-state index contributed by atoms with van der Waals surface area (Å²) in [5.74, 6) is -2.82. The molecule has 0 saturated carbocycles. The maximum atomic E-state index is 11.5. The smallest absolute Gasteiger partial charge is 0.320 e. The zero-order valence-corrected chi connectivity index (χ0v) is 9.91. The maximum absolute atomic E-state index is 11.5. The predicted octanol–water partition coefficient (Wildman–Crippen LogP) is -1.73. The van der Waals surface area contributed by atoms with Gasteiger partial charge in [0.05, 0.1) is 18.5 Å². The monoisotopic (exact) mass is 261 g/mol. The lowest BCUT2D eigenvalue weighted by atomic mass is 9.98. The third kappa shape index (κ3) is 6.28. The average molecular weight is 261 g/mol. The zero-order chi connectivity index (χ0) is 14.3. The van der Waals surface area contributed by atoms with Crippen molar-refractivity contribution in [2.75, 3.05) is 0 Å². The van der Waals surface area contributed by atoms with Gasteiger partial charge in [0.1, 0.15) is 6.04 Å². The van der Waals surface area contributed by atoms with Crippen molar-refractivity contribution in [2.45, 2.75) is 43.8 Å². The molecule has 0 bridgehead atoms. The predicted molar refractivity (Wildman–Crippen MR) is 62.7 cm³/mol. The standard InChI is InChI=1S/C10H19N3O5/c11-5(2-1-3-6(12)10(17)18)9(16)7(13)4-8(14)15/h5-7H,1-4,11-13H2,(H,14,15)(H,17,18)/t5?,6-,7-/m0/s1. The molecule has 8 nitrogen and oxygen atoms in total. The van der Waals surface area contributed by atoms with Crippen LogP contribution in [0.4, 0.5) is 0 Å². The highest BCUT2D eigenvalue weighted by atomic mass is 16.4. The fourth-order valence-corrected chi connectivity index (χ4v) is 1.39. The molecule has 0 amide bonds. The molecular formula is C10H19N3O5. The van der Waals surface area contributed by atoms with E-state index in [4.69, 9.17) is 27.4 Å². The summed E-state index contributed by atoms with van der Waals surface area (Å²) < 4.78 is 0. The second kappa shape index (κ2) is 7.75. The second-order valence-corrected chi connectivity index (χ2v) is 4.09. The fourth-order valence-electron chi connectivity index (χ4n) is 1.39. The molecule has 0 aliphatic heterocycles. The van der Waals surface area contributed by atoms with Crippen LogP contribution in [0, 0.1) is 0 Å². The molecule has 0 rings (SSSR count). The van der Waals surface area contributed by atoms with E-state index in [2.05, 4.69) is 0 Å². The molecular weight excluding hydrogens is 242 g/mol. The van der Waals surface area contributed by atoms with Crippen LogP contribution in [0.25, 0.3) is 0 Å². The van der Waals surface area contributed by atoms with Crippen LogP contribution >= 0.6 is 0 Å². The maximum Gasteiger partial charge on any atom is 0.320 e. The first-order chi connectivity index (χ1) is 8.25. The van der Waals surface area contributed by atoms with Gasteiger partial charge in [-0.05, 0) is 19.3 Å². The van der Waals surface area contributed by atoms with E-state index >= 15 is 0 Å². The van der Waals surface area contributed by atoms with Crippen molar-refractivity contribution in [1.82, 2.24) is 0 Å².